The average molecular weight is 556 g/mol. The first kappa shape index (κ1) is 26.1. The third kappa shape index (κ3) is 5.58. The zero-order chi connectivity index (χ0) is 22.5. The van der Waals surface area contributed by atoms with Gasteiger partial charge in [0, 0.05) is 18.5 Å². The van der Waals surface area contributed by atoms with E-state index in [2.05, 4.69) is 30.1 Å². The minimum atomic E-state index is -0.275. The molecule has 7 nitrogen and oxygen atoms in total. The van der Waals surface area contributed by atoms with Gasteiger partial charge in [-0.15, -0.1) is 24.0 Å². The van der Waals surface area contributed by atoms with Crippen molar-refractivity contribution in [1.82, 2.24) is 4.90 Å². The molecule has 0 aliphatic carbocycles. The van der Waals surface area contributed by atoms with Crippen molar-refractivity contribution in [3.8, 4) is 23.0 Å². The maximum absolute atomic E-state index is 11.4. The summed E-state index contributed by atoms with van der Waals surface area (Å²) in [6.07, 6.45) is 2.66. The van der Waals surface area contributed by atoms with Crippen LogP contribution in [-0.2, 0) is 17.6 Å². The monoisotopic (exact) mass is 556 g/mol. The number of nitrogens with zero attached hydrogens (tertiary/aromatic N) is 1. The molecule has 1 amide bonds. The Morgan fingerprint density at radius 1 is 0.969 bits per heavy atom. The van der Waals surface area contributed by atoms with Crippen molar-refractivity contribution in [3.05, 3.63) is 47.0 Å². The molecule has 2 N–H and O–H groups in total. The van der Waals surface area contributed by atoms with E-state index in [9.17, 15) is 4.79 Å². The van der Waals surface area contributed by atoms with Crippen LogP contribution in [0.3, 0.4) is 0 Å². The molecule has 0 aromatic heterocycles. The van der Waals surface area contributed by atoms with E-state index in [1.165, 1.54) is 11.1 Å². The highest BCUT2D eigenvalue weighted by molar-refractivity contribution is 14.0. The predicted molar refractivity (Wildman–Crippen MR) is 135 cm³/mol. The third-order valence-electron chi connectivity index (χ3n) is 6.13. The summed E-state index contributed by atoms with van der Waals surface area (Å²) >= 11 is 0. The second-order valence-electron chi connectivity index (χ2n) is 7.84. The van der Waals surface area contributed by atoms with Gasteiger partial charge in [0.05, 0.1) is 28.4 Å². The summed E-state index contributed by atoms with van der Waals surface area (Å²) in [5.41, 5.74) is 8.97. The van der Waals surface area contributed by atoms with Crippen molar-refractivity contribution in [2.75, 3.05) is 35.5 Å². The number of hydrogen-bond donors (Lipinski definition) is 1. The van der Waals surface area contributed by atoms with Crippen molar-refractivity contribution < 1.29 is 23.7 Å². The lowest BCUT2D eigenvalue weighted by Crippen LogP contribution is -2.42. The number of carbonyl (C=O) groups is 1. The summed E-state index contributed by atoms with van der Waals surface area (Å²) in [4.78, 5) is 13.8. The van der Waals surface area contributed by atoms with Crippen LogP contribution in [0, 0.1) is 0 Å². The van der Waals surface area contributed by atoms with Gasteiger partial charge in [-0.1, -0.05) is 6.07 Å². The van der Waals surface area contributed by atoms with Gasteiger partial charge in [0.2, 0.25) is 5.91 Å². The minimum absolute atomic E-state index is 0. The number of methoxy groups -OCH3 is 4. The van der Waals surface area contributed by atoms with Crippen molar-refractivity contribution in [1.29, 1.82) is 0 Å². The number of benzene rings is 2. The molecule has 2 aromatic carbocycles. The first-order chi connectivity index (χ1) is 14.9. The summed E-state index contributed by atoms with van der Waals surface area (Å²) < 4.78 is 22.0. The average Bonchev–Trinajstić information content (AvgIpc) is 2.78. The zero-order valence-electron chi connectivity index (χ0n) is 19.3. The van der Waals surface area contributed by atoms with Gasteiger partial charge in [0.15, 0.2) is 23.0 Å². The number of carbonyl (C=O) groups excluding carboxylic acids is 1. The van der Waals surface area contributed by atoms with Crippen LogP contribution in [0.15, 0.2) is 30.3 Å². The van der Waals surface area contributed by atoms with E-state index in [1.807, 2.05) is 12.1 Å². The van der Waals surface area contributed by atoms with Gasteiger partial charge in [-0.2, -0.15) is 0 Å². The van der Waals surface area contributed by atoms with E-state index in [1.54, 1.807) is 28.4 Å². The molecule has 176 valence electrons. The van der Waals surface area contributed by atoms with Gasteiger partial charge in [-0.05, 0) is 67.3 Å². The molecule has 0 spiro atoms. The van der Waals surface area contributed by atoms with Crippen LogP contribution >= 0.6 is 24.0 Å². The number of nitrogens with two attached hydrogens (primary N) is 1. The fraction of sp³-hybridized carbons (Fsp3) is 0.458. The molecule has 0 radical (unpaired) electrons. The highest BCUT2D eigenvalue weighted by Gasteiger charge is 2.33. The van der Waals surface area contributed by atoms with Gasteiger partial charge in [-0.25, -0.2) is 0 Å². The van der Waals surface area contributed by atoms with Gasteiger partial charge in [0.1, 0.15) is 0 Å². The molecule has 0 fully saturated rings. The van der Waals surface area contributed by atoms with Gasteiger partial charge >= 0.3 is 0 Å². The Morgan fingerprint density at radius 2 is 1.56 bits per heavy atom. The summed E-state index contributed by atoms with van der Waals surface area (Å²) in [6.45, 7) is 0. The van der Waals surface area contributed by atoms with E-state index < -0.39 is 0 Å². The van der Waals surface area contributed by atoms with Crippen LogP contribution < -0.4 is 24.7 Å². The number of rotatable bonds is 9. The fourth-order valence-corrected chi connectivity index (χ4v) is 4.39. The number of likely N-dealkylation sites (N-methyl/N-ethyl adjacent to an activating group) is 1. The van der Waals surface area contributed by atoms with E-state index in [0.29, 0.717) is 35.8 Å². The van der Waals surface area contributed by atoms with Crippen LogP contribution in [0.5, 0.6) is 23.0 Å². The molecule has 1 heterocycles. The van der Waals surface area contributed by atoms with Crippen LogP contribution in [0.2, 0.25) is 0 Å². The normalized spacial score (nSPS) is 17.7. The van der Waals surface area contributed by atoms with E-state index in [0.717, 1.165) is 18.4 Å². The number of ether oxygens (including phenoxy) is 4. The lowest BCUT2D eigenvalue weighted by molar-refractivity contribution is -0.118. The Balaban J connectivity index is 0.00000363. The Kier molecular flexibility index (Phi) is 9.45. The van der Waals surface area contributed by atoms with E-state index in [4.69, 9.17) is 24.7 Å². The quantitative estimate of drug-likeness (QED) is 0.474. The van der Waals surface area contributed by atoms with Crippen molar-refractivity contribution >= 4 is 29.9 Å². The first-order valence-electron chi connectivity index (χ1n) is 10.4. The van der Waals surface area contributed by atoms with Gasteiger partial charge in [-0.3, -0.25) is 9.69 Å². The summed E-state index contributed by atoms with van der Waals surface area (Å²) in [7, 11) is 8.67. The molecule has 1 aliphatic heterocycles. The molecule has 0 unspecified atom stereocenters. The molecule has 3 rings (SSSR count). The van der Waals surface area contributed by atoms with Crippen molar-refractivity contribution in [2.45, 2.75) is 37.8 Å². The molecule has 0 saturated heterocycles. The van der Waals surface area contributed by atoms with Crippen LogP contribution in [0.4, 0.5) is 0 Å². The summed E-state index contributed by atoms with van der Waals surface area (Å²) in [5.74, 6) is 2.56. The third-order valence-corrected chi connectivity index (χ3v) is 6.13. The fourth-order valence-electron chi connectivity index (χ4n) is 4.39. The first-order valence-corrected chi connectivity index (χ1v) is 10.4. The second kappa shape index (κ2) is 11.6. The number of halogens is 1. The van der Waals surface area contributed by atoms with E-state index >= 15 is 0 Å². The highest BCUT2D eigenvalue weighted by atomic mass is 127. The topological polar surface area (TPSA) is 83.2 Å². The van der Waals surface area contributed by atoms with Crippen molar-refractivity contribution in [2.24, 2.45) is 5.73 Å². The lowest BCUT2D eigenvalue weighted by Gasteiger charge is -2.41. The molecule has 0 bridgehead atoms. The number of hydrogen-bond acceptors (Lipinski definition) is 6. The van der Waals surface area contributed by atoms with Gasteiger partial charge in [0.25, 0.3) is 0 Å². The van der Waals surface area contributed by atoms with Crippen LogP contribution in [0.25, 0.3) is 0 Å². The zero-order valence-corrected chi connectivity index (χ0v) is 21.7. The second-order valence-corrected chi connectivity index (χ2v) is 7.84. The summed E-state index contributed by atoms with van der Waals surface area (Å²) in [6, 6.07) is 10.4. The molecule has 32 heavy (non-hydrogen) atoms. The Morgan fingerprint density at radius 3 is 2.16 bits per heavy atom. The SMILES string of the molecule is COc1ccc(C[C@@H]2c3cc(OC)c(OC)cc3C[C@@H](CCC(N)=O)N2C)cc1OC.I. The number of fused-ring (bicyclic) bond motifs is 1. The maximum atomic E-state index is 11.4. The van der Waals surface area contributed by atoms with Crippen LogP contribution in [-0.4, -0.2) is 52.3 Å². The molecule has 1 aliphatic rings. The molecular weight excluding hydrogens is 523 g/mol. The maximum Gasteiger partial charge on any atom is 0.217 e. The molecule has 8 heteroatoms. The smallest absolute Gasteiger partial charge is 0.217 e. The van der Waals surface area contributed by atoms with Crippen LogP contribution in [0.1, 0.15) is 35.6 Å². The lowest BCUT2D eigenvalue weighted by atomic mass is 9.84. The van der Waals surface area contributed by atoms with E-state index in [-0.39, 0.29) is 42.0 Å². The van der Waals surface area contributed by atoms with Gasteiger partial charge < -0.3 is 24.7 Å². The largest absolute Gasteiger partial charge is 0.493 e. The van der Waals surface area contributed by atoms with Crippen molar-refractivity contribution in [3.63, 3.8) is 0 Å². The predicted octanol–water partition coefficient (Wildman–Crippen LogP) is 3.74. The minimum Gasteiger partial charge on any atom is -0.493 e. The molecule has 0 saturated carbocycles. The Hall–Kier alpha value is -2.20. The number of amides is 1. The Labute approximate surface area is 207 Å². The molecule has 2 aromatic rings. The standard InChI is InChI=1S/C24H32N2O5.HI/c1-26-17(7-9-24(25)27)12-16-13-22(30-4)23(31-5)14-18(16)19(26)10-15-6-8-20(28-2)21(11-15)29-3;/h6,8,11,13-14,17,19H,7,9-10,12H2,1-5H3,(H2,25,27);1H/t17-,19-;/m1./s1. The number of primary amides is 1. The molecule has 2 atom stereocenters. The Bertz CT molecular complexity index is 937. The summed E-state index contributed by atoms with van der Waals surface area (Å²) in [5, 5.41) is 0. The molecular formula is C24H33IN2O5. The highest BCUT2D eigenvalue weighted by Crippen LogP contribution is 2.42.